The predicted octanol–water partition coefficient (Wildman–Crippen LogP) is 6.58. The normalized spacial score (nSPS) is 14.8. The van der Waals surface area contributed by atoms with Gasteiger partial charge < -0.3 is 10.4 Å². The van der Waals surface area contributed by atoms with Crippen LogP contribution in [0.25, 0.3) is 0 Å². The number of amides is 1. The highest BCUT2D eigenvalue weighted by atomic mass is 16.3. The summed E-state index contributed by atoms with van der Waals surface area (Å²) in [6.45, 7) is 6.68. The number of rotatable bonds is 17. The topological polar surface area (TPSA) is 49.3 Å². The molecule has 164 valence electrons. The second-order valence-corrected chi connectivity index (χ2v) is 7.54. The van der Waals surface area contributed by atoms with Crippen molar-refractivity contribution in [2.24, 2.45) is 0 Å². The first-order valence-corrected chi connectivity index (χ1v) is 11.4. The van der Waals surface area contributed by atoms with Crippen molar-refractivity contribution in [3.05, 3.63) is 60.8 Å². The van der Waals surface area contributed by atoms with E-state index in [4.69, 9.17) is 0 Å². The fourth-order valence-electron chi connectivity index (χ4n) is 2.89. The number of hydrogen-bond acceptors (Lipinski definition) is 2. The average molecular weight is 402 g/mol. The molecule has 0 aromatic heterocycles. The number of nitrogens with one attached hydrogen (secondary N) is 1. The number of aliphatic hydroxyl groups is 1. The van der Waals surface area contributed by atoms with Crippen LogP contribution in [0.15, 0.2) is 60.8 Å². The Balaban J connectivity index is 4.01. The van der Waals surface area contributed by atoms with E-state index in [-0.39, 0.29) is 5.91 Å². The van der Waals surface area contributed by atoms with Gasteiger partial charge in [0.25, 0.3) is 0 Å². The van der Waals surface area contributed by atoms with Gasteiger partial charge >= 0.3 is 0 Å². The number of carbonyl (C=O) groups excluding carboxylic acids is 1. The summed E-state index contributed by atoms with van der Waals surface area (Å²) in [6, 6.07) is 0. The summed E-state index contributed by atoms with van der Waals surface area (Å²) < 4.78 is 0. The van der Waals surface area contributed by atoms with Crippen LogP contribution >= 0.6 is 0 Å². The first-order valence-electron chi connectivity index (χ1n) is 11.4. The molecular weight excluding hydrogens is 358 g/mol. The van der Waals surface area contributed by atoms with Crippen LogP contribution in [0.1, 0.15) is 85.0 Å². The van der Waals surface area contributed by atoms with Crippen LogP contribution in [0.2, 0.25) is 0 Å². The quantitative estimate of drug-likeness (QED) is 0.164. The van der Waals surface area contributed by atoms with Crippen molar-refractivity contribution in [2.45, 2.75) is 90.6 Å². The van der Waals surface area contributed by atoms with Crippen LogP contribution < -0.4 is 5.32 Å². The summed E-state index contributed by atoms with van der Waals surface area (Å²) in [5, 5.41) is 13.4. The summed E-state index contributed by atoms with van der Waals surface area (Å²) in [6.07, 6.45) is 29.8. The van der Waals surface area contributed by atoms with E-state index in [0.29, 0.717) is 13.0 Å². The standard InChI is InChI=1S/C26H43NO2/c1-4-7-9-10-11-12-13-14-15-16-17-18-19-20-21-25(28)27-24-26(29,22-6-3)23-8-5-2/h10-13,16-21,29H,4-9,14-15,22-24H2,1-3H3,(H,27,28). The maximum Gasteiger partial charge on any atom is 0.244 e. The summed E-state index contributed by atoms with van der Waals surface area (Å²) in [5.74, 6) is -0.165. The minimum Gasteiger partial charge on any atom is -0.388 e. The zero-order valence-corrected chi connectivity index (χ0v) is 18.9. The maximum absolute atomic E-state index is 11.9. The van der Waals surface area contributed by atoms with Crippen molar-refractivity contribution in [3.8, 4) is 0 Å². The molecule has 0 aliphatic heterocycles. The fraction of sp³-hybridized carbons (Fsp3) is 0.577. The minimum atomic E-state index is -0.785. The molecule has 0 aromatic rings. The van der Waals surface area contributed by atoms with Crippen molar-refractivity contribution >= 4 is 5.91 Å². The Hall–Kier alpha value is -1.87. The molecule has 0 bridgehead atoms. The van der Waals surface area contributed by atoms with Gasteiger partial charge in [0.1, 0.15) is 0 Å². The van der Waals surface area contributed by atoms with Crippen molar-refractivity contribution < 1.29 is 9.90 Å². The molecule has 0 saturated carbocycles. The Kier molecular flexibility index (Phi) is 18.2. The highest BCUT2D eigenvalue weighted by Crippen LogP contribution is 2.19. The van der Waals surface area contributed by atoms with Gasteiger partial charge in [-0.3, -0.25) is 4.79 Å². The molecule has 0 aromatic carbocycles. The van der Waals surface area contributed by atoms with E-state index in [1.807, 2.05) is 18.2 Å². The van der Waals surface area contributed by atoms with E-state index in [9.17, 15) is 9.90 Å². The first-order chi connectivity index (χ1) is 14.1. The molecule has 3 nitrogen and oxygen atoms in total. The lowest BCUT2D eigenvalue weighted by atomic mass is 9.91. The van der Waals surface area contributed by atoms with Gasteiger partial charge in [0.2, 0.25) is 5.91 Å². The fourth-order valence-corrected chi connectivity index (χ4v) is 2.89. The molecule has 0 heterocycles. The van der Waals surface area contributed by atoms with Crippen molar-refractivity contribution in [1.29, 1.82) is 0 Å². The van der Waals surface area contributed by atoms with Gasteiger partial charge in [-0.25, -0.2) is 0 Å². The van der Waals surface area contributed by atoms with E-state index >= 15 is 0 Å². The predicted molar refractivity (Wildman–Crippen MR) is 127 cm³/mol. The Labute approximate surface area is 179 Å². The van der Waals surface area contributed by atoms with Gasteiger partial charge in [0.05, 0.1) is 5.60 Å². The Morgan fingerprint density at radius 3 is 1.97 bits per heavy atom. The highest BCUT2D eigenvalue weighted by molar-refractivity contribution is 5.87. The van der Waals surface area contributed by atoms with Crippen LogP contribution in [-0.2, 0) is 4.79 Å². The molecular formula is C26H43NO2. The van der Waals surface area contributed by atoms with Gasteiger partial charge in [-0.1, -0.05) is 108 Å². The van der Waals surface area contributed by atoms with Crippen molar-refractivity contribution in [2.75, 3.05) is 6.54 Å². The lowest BCUT2D eigenvalue weighted by Crippen LogP contribution is -2.42. The van der Waals surface area contributed by atoms with E-state index in [0.717, 1.165) is 44.9 Å². The third-order valence-corrected chi connectivity index (χ3v) is 4.63. The van der Waals surface area contributed by atoms with Gasteiger partial charge in [0.15, 0.2) is 0 Å². The molecule has 0 aliphatic rings. The molecule has 2 N–H and O–H groups in total. The van der Waals surface area contributed by atoms with Gasteiger partial charge in [-0.2, -0.15) is 0 Å². The second-order valence-electron chi connectivity index (χ2n) is 7.54. The van der Waals surface area contributed by atoms with E-state index in [1.165, 1.54) is 18.9 Å². The summed E-state index contributed by atoms with van der Waals surface area (Å²) in [7, 11) is 0. The molecule has 1 atom stereocenters. The number of carbonyl (C=O) groups is 1. The van der Waals surface area contributed by atoms with E-state index in [1.54, 1.807) is 6.08 Å². The molecule has 29 heavy (non-hydrogen) atoms. The van der Waals surface area contributed by atoms with Gasteiger partial charge in [0, 0.05) is 12.6 Å². The average Bonchev–Trinajstić information content (AvgIpc) is 2.71. The number of allylic oxidation sites excluding steroid dienone is 9. The SMILES string of the molecule is CCCCC=CC=CCCC=CC=CC=CC(=O)NCC(O)(CCC)CCCC. The highest BCUT2D eigenvalue weighted by Gasteiger charge is 2.25. The second kappa shape index (κ2) is 19.4. The number of hydrogen-bond donors (Lipinski definition) is 2. The number of unbranched alkanes of at least 4 members (excludes halogenated alkanes) is 4. The van der Waals surface area contributed by atoms with Gasteiger partial charge in [-0.15, -0.1) is 0 Å². The lowest BCUT2D eigenvalue weighted by molar-refractivity contribution is -0.118. The van der Waals surface area contributed by atoms with Crippen LogP contribution in [0.4, 0.5) is 0 Å². The Bertz CT molecular complexity index is 543. The first kappa shape index (κ1) is 27.1. The monoisotopic (exact) mass is 401 g/mol. The van der Waals surface area contributed by atoms with Crippen LogP contribution in [0, 0.1) is 0 Å². The molecule has 0 fully saturated rings. The molecule has 0 spiro atoms. The molecule has 3 heteroatoms. The third-order valence-electron chi connectivity index (χ3n) is 4.63. The smallest absolute Gasteiger partial charge is 0.244 e. The van der Waals surface area contributed by atoms with E-state index < -0.39 is 5.60 Å². The molecule has 0 aliphatic carbocycles. The largest absolute Gasteiger partial charge is 0.388 e. The third kappa shape index (κ3) is 17.9. The van der Waals surface area contributed by atoms with Gasteiger partial charge in [-0.05, 0) is 32.1 Å². The van der Waals surface area contributed by atoms with Crippen LogP contribution in [0.3, 0.4) is 0 Å². The zero-order valence-electron chi connectivity index (χ0n) is 18.9. The van der Waals surface area contributed by atoms with E-state index in [2.05, 4.69) is 56.5 Å². The molecule has 0 rings (SSSR count). The summed E-state index contributed by atoms with van der Waals surface area (Å²) in [4.78, 5) is 11.9. The maximum atomic E-state index is 11.9. The Morgan fingerprint density at radius 1 is 0.759 bits per heavy atom. The van der Waals surface area contributed by atoms with Crippen molar-refractivity contribution in [3.63, 3.8) is 0 Å². The van der Waals surface area contributed by atoms with Crippen molar-refractivity contribution in [1.82, 2.24) is 5.32 Å². The summed E-state index contributed by atoms with van der Waals surface area (Å²) in [5.41, 5.74) is -0.785. The van der Waals surface area contributed by atoms with Crippen LogP contribution in [-0.4, -0.2) is 23.2 Å². The zero-order chi connectivity index (χ0) is 21.6. The molecule has 1 unspecified atom stereocenters. The Morgan fingerprint density at radius 2 is 1.34 bits per heavy atom. The molecule has 0 saturated heterocycles. The summed E-state index contributed by atoms with van der Waals surface area (Å²) >= 11 is 0. The molecule has 0 radical (unpaired) electrons. The minimum absolute atomic E-state index is 0.165. The lowest BCUT2D eigenvalue weighted by Gasteiger charge is -2.27. The molecule has 1 amide bonds. The van der Waals surface area contributed by atoms with Crippen LogP contribution in [0.5, 0.6) is 0 Å².